The van der Waals surface area contributed by atoms with E-state index in [2.05, 4.69) is 15.9 Å². The number of hydrogen-bond donors (Lipinski definition) is 1. The Morgan fingerprint density at radius 3 is 2.55 bits per heavy atom. The van der Waals surface area contributed by atoms with E-state index in [0.29, 0.717) is 15.6 Å². The molecule has 1 atom stereocenters. The van der Waals surface area contributed by atoms with Crippen molar-refractivity contribution in [3.8, 4) is 5.75 Å². The van der Waals surface area contributed by atoms with Crippen molar-refractivity contribution in [2.24, 2.45) is 5.73 Å². The number of benzene rings is 2. The molecule has 5 heteroatoms. The van der Waals surface area contributed by atoms with Crippen molar-refractivity contribution in [2.75, 3.05) is 7.11 Å². The second-order valence-electron chi connectivity index (χ2n) is 4.38. The lowest BCUT2D eigenvalue weighted by Crippen LogP contribution is -2.16. The zero-order valence-electron chi connectivity index (χ0n) is 10.9. The van der Waals surface area contributed by atoms with Crippen LogP contribution in [0.25, 0.3) is 0 Å². The average molecular weight is 342 g/mol. The fourth-order valence-electron chi connectivity index (χ4n) is 2.08. The van der Waals surface area contributed by atoms with Crippen LogP contribution in [0, 0.1) is 11.6 Å². The summed E-state index contributed by atoms with van der Waals surface area (Å²) >= 11 is 3.27. The Morgan fingerprint density at radius 2 is 1.90 bits per heavy atom. The molecule has 2 aromatic rings. The molecule has 0 spiro atoms. The summed E-state index contributed by atoms with van der Waals surface area (Å²) in [7, 11) is 1.40. The maximum absolute atomic E-state index is 14.1. The molecule has 0 aliphatic rings. The predicted octanol–water partition coefficient (Wildman–Crippen LogP) is 3.98. The second-order valence-corrected chi connectivity index (χ2v) is 5.23. The molecular weight excluding hydrogens is 328 g/mol. The van der Waals surface area contributed by atoms with E-state index in [1.807, 2.05) is 0 Å². The number of halogens is 3. The van der Waals surface area contributed by atoms with Gasteiger partial charge in [-0.2, -0.15) is 0 Å². The molecule has 0 bridgehead atoms. The molecule has 0 aliphatic carbocycles. The smallest absolute Gasteiger partial charge is 0.168 e. The number of nitrogens with two attached hydrogens (primary N) is 1. The standard InChI is InChI=1S/C15H14BrF2NO/c1-20-13-7-2-4-9(15(13)18)8-12(19)14-10(16)5-3-6-11(14)17/h2-7,12H,8,19H2,1H3. The van der Waals surface area contributed by atoms with Crippen molar-refractivity contribution in [3.05, 3.63) is 63.6 Å². The van der Waals surface area contributed by atoms with Gasteiger partial charge in [-0.1, -0.05) is 34.1 Å². The molecule has 0 radical (unpaired) electrons. The molecule has 0 amide bonds. The molecular formula is C15H14BrF2NO. The summed E-state index contributed by atoms with van der Waals surface area (Å²) in [6.07, 6.45) is 0.183. The highest BCUT2D eigenvalue weighted by atomic mass is 79.9. The lowest BCUT2D eigenvalue weighted by atomic mass is 9.98. The average Bonchev–Trinajstić information content (AvgIpc) is 2.41. The molecule has 106 valence electrons. The van der Waals surface area contributed by atoms with Crippen molar-refractivity contribution in [1.29, 1.82) is 0 Å². The first-order valence-electron chi connectivity index (χ1n) is 6.05. The van der Waals surface area contributed by atoms with Gasteiger partial charge in [-0.25, -0.2) is 8.78 Å². The fourth-order valence-corrected chi connectivity index (χ4v) is 2.71. The lowest BCUT2D eigenvalue weighted by molar-refractivity contribution is 0.383. The topological polar surface area (TPSA) is 35.2 Å². The van der Waals surface area contributed by atoms with Crippen molar-refractivity contribution >= 4 is 15.9 Å². The monoisotopic (exact) mass is 341 g/mol. The zero-order valence-corrected chi connectivity index (χ0v) is 12.5. The summed E-state index contributed by atoms with van der Waals surface area (Å²) in [6.45, 7) is 0. The summed E-state index contributed by atoms with van der Waals surface area (Å²) in [5, 5.41) is 0. The predicted molar refractivity (Wildman–Crippen MR) is 77.7 cm³/mol. The zero-order chi connectivity index (χ0) is 14.7. The first-order valence-corrected chi connectivity index (χ1v) is 6.84. The third kappa shape index (κ3) is 2.99. The van der Waals surface area contributed by atoms with Gasteiger partial charge in [-0.3, -0.25) is 0 Å². The van der Waals surface area contributed by atoms with Crippen LogP contribution in [-0.4, -0.2) is 7.11 Å². The first-order chi connectivity index (χ1) is 9.54. The van der Waals surface area contributed by atoms with E-state index in [0.717, 1.165) is 0 Å². The van der Waals surface area contributed by atoms with Gasteiger partial charge in [0, 0.05) is 16.1 Å². The van der Waals surface area contributed by atoms with Gasteiger partial charge in [-0.05, 0) is 30.2 Å². The summed E-state index contributed by atoms with van der Waals surface area (Å²) < 4.78 is 33.4. The Balaban J connectivity index is 2.31. The third-order valence-corrected chi connectivity index (χ3v) is 3.77. The van der Waals surface area contributed by atoms with Crippen molar-refractivity contribution in [3.63, 3.8) is 0 Å². The Hall–Kier alpha value is -1.46. The maximum atomic E-state index is 14.1. The van der Waals surface area contributed by atoms with Gasteiger partial charge in [-0.15, -0.1) is 0 Å². The highest BCUT2D eigenvalue weighted by Crippen LogP contribution is 2.29. The summed E-state index contributed by atoms with van der Waals surface area (Å²) in [5.41, 5.74) is 6.75. The maximum Gasteiger partial charge on any atom is 0.168 e. The van der Waals surface area contributed by atoms with E-state index in [9.17, 15) is 8.78 Å². The highest BCUT2D eigenvalue weighted by molar-refractivity contribution is 9.10. The minimum absolute atomic E-state index is 0.155. The van der Waals surface area contributed by atoms with Crippen LogP contribution in [0.1, 0.15) is 17.2 Å². The number of methoxy groups -OCH3 is 1. The molecule has 0 aliphatic heterocycles. The van der Waals surface area contributed by atoms with Gasteiger partial charge in [0.15, 0.2) is 11.6 Å². The quantitative estimate of drug-likeness (QED) is 0.912. The summed E-state index contributed by atoms with van der Waals surface area (Å²) in [5.74, 6) is -0.713. The minimum atomic E-state index is -0.646. The van der Waals surface area contributed by atoms with Crippen LogP contribution < -0.4 is 10.5 Å². The molecule has 2 nitrogen and oxygen atoms in total. The normalized spacial score (nSPS) is 12.2. The molecule has 2 aromatic carbocycles. The SMILES string of the molecule is COc1cccc(CC(N)c2c(F)cccc2Br)c1F. The molecule has 2 rings (SSSR count). The molecule has 2 N–H and O–H groups in total. The molecule has 0 saturated heterocycles. The largest absolute Gasteiger partial charge is 0.494 e. The molecule has 20 heavy (non-hydrogen) atoms. The van der Waals surface area contributed by atoms with E-state index in [1.165, 1.54) is 19.2 Å². The van der Waals surface area contributed by atoms with Crippen LogP contribution in [0.15, 0.2) is 40.9 Å². The lowest BCUT2D eigenvalue weighted by Gasteiger charge is -2.16. The molecule has 1 unspecified atom stereocenters. The van der Waals surface area contributed by atoms with Gasteiger partial charge in [0.1, 0.15) is 5.82 Å². The Labute approximate surface area is 124 Å². The van der Waals surface area contributed by atoms with Gasteiger partial charge in [0.25, 0.3) is 0 Å². The van der Waals surface area contributed by atoms with Crippen LogP contribution in [0.4, 0.5) is 8.78 Å². The third-order valence-electron chi connectivity index (χ3n) is 3.07. The van der Waals surface area contributed by atoms with E-state index < -0.39 is 17.7 Å². The van der Waals surface area contributed by atoms with E-state index >= 15 is 0 Å². The Bertz CT molecular complexity index is 599. The van der Waals surface area contributed by atoms with Crippen LogP contribution in [0.5, 0.6) is 5.75 Å². The highest BCUT2D eigenvalue weighted by Gasteiger charge is 2.18. The molecule has 0 fully saturated rings. The van der Waals surface area contributed by atoms with E-state index in [4.69, 9.17) is 10.5 Å². The van der Waals surface area contributed by atoms with Gasteiger partial charge in [0.2, 0.25) is 0 Å². The summed E-state index contributed by atoms with van der Waals surface area (Å²) in [4.78, 5) is 0. The van der Waals surface area contributed by atoms with Crippen LogP contribution in [-0.2, 0) is 6.42 Å². The number of hydrogen-bond acceptors (Lipinski definition) is 2. The van der Waals surface area contributed by atoms with Crippen LogP contribution in [0.2, 0.25) is 0 Å². The van der Waals surface area contributed by atoms with E-state index in [1.54, 1.807) is 24.3 Å². The Kier molecular flexibility index (Phi) is 4.73. The fraction of sp³-hybridized carbons (Fsp3) is 0.200. The second kappa shape index (κ2) is 6.33. The Morgan fingerprint density at radius 1 is 1.20 bits per heavy atom. The molecule has 0 heterocycles. The van der Waals surface area contributed by atoms with Crippen LogP contribution in [0.3, 0.4) is 0 Å². The summed E-state index contributed by atoms with van der Waals surface area (Å²) in [6, 6.07) is 8.81. The van der Waals surface area contributed by atoms with Crippen molar-refractivity contribution in [1.82, 2.24) is 0 Å². The van der Waals surface area contributed by atoms with Crippen LogP contribution >= 0.6 is 15.9 Å². The molecule has 0 saturated carbocycles. The van der Waals surface area contributed by atoms with Gasteiger partial charge < -0.3 is 10.5 Å². The van der Waals surface area contributed by atoms with E-state index in [-0.39, 0.29) is 12.2 Å². The van der Waals surface area contributed by atoms with Gasteiger partial charge in [0.05, 0.1) is 7.11 Å². The van der Waals surface area contributed by atoms with Gasteiger partial charge >= 0.3 is 0 Å². The number of rotatable bonds is 4. The van der Waals surface area contributed by atoms with Crippen molar-refractivity contribution in [2.45, 2.75) is 12.5 Å². The minimum Gasteiger partial charge on any atom is -0.494 e. The van der Waals surface area contributed by atoms with Crippen molar-refractivity contribution < 1.29 is 13.5 Å². The first kappa shape index (κ1) is 14.9. The number of ether oxygens (including phenoxy) is 1. The molecule has 0 aromatic heterocycles.